The molecule has 0 radical (unpaired) electrons. The minimum atomic E-state index is -1.03. The van der Waals surface area contributed by atoms with Gasteiger partial charge in [-0.05, 0) is 51.0 Å². The number of benzene rings is 1. The van der Waals surface area contributed by atoms with Gasteiger partial charge in [0.15, 0.2) is 0 Å². The Balaban J connectivity index is 1.97. The van der Waals surface area contributed by atoms with Crippen LogP contribution in [0.25, 0.3) is 10.9 Å². The van der Waals surface area contributed by atoms with Crippen LogP contribution in [0.4, 0.5) is 0 Å². The standard InChI is InChI=1S/C19H22N2O4/c1-19(2,18(23)24)10-20-17(22)14-9-16(11-4-5-11)21-15-7-6-12(25-3)8-13(14)15/h6-9,11H,4-5,10H2,1-3H3,(H,20,22)(H,23,24). The van der Waals surface area contributed by atoms with Gasteiger partial charge in [0, 0.05) is 23.5 Å². The third kappa shape index (κ3) is 3.57. The van der Waals surface area contributed by atoms with Gasteiger partial charge in [-0.1, -0.05) is 0 Å². The molecule has 0 unspecified atom stereocenters. The summed E-state index contributed by atoms with van der Waals surface area (Å²) in [5.41, 5.74) is 1.13. The maximum absolute atomic E-state index is 12.8. The highest BCUT2D eigenvalue weighted by Gasteiger charge is 2.29. The SMILES string of the molecule is COc1ccc2nc(C3CC3)cc(C(=O)NCC(C)(C)C(=O)O)c2c1. The molecule has 1 aliphatic rings. The van der Waals surface area contributed by atoms with E-state index in [4.69, 9.17) is 4.74 Å². The molecule has 1 aromatic carbocycles. The number of aromatic nitrogens is 1. The number of fused-ring (bicyclic) bond motifs is 1. The van der Waals surface area contributed by atoms with E-state index >= 15 is 0 Å². The summed E-state index contributed by atoms with van der Waals surface area (Å²) in [6.07, 6.45) is 2.17. The molecule has 3 rings (SSSR count). The van der Waals surface area contributed by atoms with Crippen molar-refractivity contribution >= 4 is 22.8 Å². The van der Waals surface area contributed by atoms with Crippen LogP contribution in [-0.2, 0) is 4.79 Å². The minimum Gasteiger partial charge on any atom is -0.497 e. The summed E-state index contributed by atoms with van der Waals surface area (Å²) in [5.74, 6) is -0.188. The number of rotatable bonds is 6. The fourth-order valence-electron chi connectivity index (χ4n) is 2.60. The first-order valence-corrected chi connectivity index (χ1v) is 8.32. The molecule has 6 heteroatoms. The normalized spacial score (nSPS) is 14.4. The monoisotopic (exact) mass is 342 g/mol. The number of ether oxygens (including phenoxy) is 1. The summed E-state index contributed by atoms with van der Waals surface area (Å²) in [4.78, 5) is 28.7. The Hall–Kier alpha value is -2.63. The van der Waals surface area contributed by atoms with Gasteiger partial charge in [0.2, 0.25) is 0 Å². The maximum atomic E-state index is 12.8. The van der Waals surface area contributed by atoms with Crippen molar-refractivity contribution in [3.05, 3.63) is 35.5 Å². The Morgan fingerprint density at radius 2 is 2.04 bits per heavy atom. The van der Waals surface area contributed by atoms with E-state index < -0.39 is 11.4 Å². The minimum absolute atomic E-state index is 0.0493. The molecule has 1 heterocycles. The molecule has 0 bridgehead atoms. The smallest absolute Gasteiger partial charge is 0.310 e. The Morgan fingerprint density at radius 1 is 1.32 bits per heavy atom. The molecule has 1 saturated carbocycles. The number of carbonyl (C=O) groups is 2. The van der Waals surface area contributed by atoms with Crippen LogP contribution in [0.3, 0.4) is 0 Å². The van der Waals surface area contributed by atoms with Gasteiger partial charge in [-0.25, -0.2) is 0 Å². The third-order valence-corrected chi connectivity index (χ3v) is 4.55. The van der Waals surface area contributed by atoms with Gasteiger partial charge in [0.1, 0.15) is 5.75 Å². The van der Waals surface area contributed by atoms with Gasteiger partial charge >= 0.3 is 5.97 Å². The number of carboxylic acids is 1. The molecule has 0 saturated heterocycles. The van der Waals surface area contributed by atoms with E-state index in [9.17, 15) is 14.7 Å². The lowest BCUT2D eigenvalue weighted by atomic mass is 9.93. The second kappa shape index (κ2) is 6.35. The van der Waals surface area contributed by atoms with Crippen molar-refractivity contribution in [1.82, 2.24) is 10.3 Å². The highest BCUT2D eigenvalue weighted by molar-refractivity contribution is 6.06. The summed E-state index contributed by atoms with van der Waals surface area (Å²) in [5, 5.41) is 12.7. The third-order valence-electron chi connectivity index (χ3n) is 4.55. The highest BCUT2D eigenvalue weighted by Crippen LogP contribution is 2.40. The number of hydrogen-bond acceptors (Lipinski definition) is 4. The van der Waals surface area contributed by atoms with Crippen LogP contribution >= 0.6 is 0 Å². The quantitative estimate of drug-likeness (QED) is 0.842. The van der Waals surface area contributed by atoms with Gasteiger partial charge in [0.25, 0.3) is 5.91 Å². The number of hydrogen-bond donors (Lipinski definition) is 2. The van der Waals surface area contributed by atoms with Crippen LogP contribution in [0, 0.1) is 5.41 Å². The molecule has 0 spiro atoms. The number of methoxy groups -OCH3 is 1. The average Bonchev–Trinajstić information content (AvgIpc) is 3.43. The predicted molar refractivity (Wildman–Crippen MR) is 94.0 cm³/mol. The zero-order valence-corrected chi connectivity index (χ0v) is 14.6. The number of nitrogens with zero attached hydrogens (tertiary/aromatic N) is 1. The fraction of sp³-hybridized carbons (Fsp3) is 0.421. The molecular weight excluding hydrogens is 320 g/mol. The van der Waals surface area contributed by atoms with Gasteiger partial charge in [-0.2, -0.15) is 0 Å². The molecule has 6 nitrogen and oxygen atoms in total. The molecule has 132 valence electrons. The topological polar surface area (TPSA) is 88.5 Å². The molecule has 0 aliphatic heterocycles. The van der Waals surface area contributed by atoms with Gasteiger partial charge < -0.3 is 15.2 Å². The van der Waals surface area contributed by atoms with E-state index in [1.54, 1.807) is 27.0 Å². The average molecular weight is 342 g/mol. The van der Waals surface area contributed by atoms with E-state index in [1.807, 2.05) is 18.2 Å². The van der Waals surface area contributed by atoms with Crippen molar-refractivity contribution in [2.45, 2.75) is 32.6 Å². The van der Waals surface area contributed by atoms with E-state index in [2.05, 4.69) is 10.3 Å². The number of aliphatic carboxylic acids is 1. The van der Waals surface area contributed by atoms with Crippen LogP contribution in [0.1, 0.15) is 48.7 Å². The molecule has 1 amide bonds. The molecule has 2 aromatic rings. The van der Waals surface area contributed by atoms with Crippen molar-refractivity contribution in [2.75, 3.05) is 13.7 Å². The van der Waals surface area contributed by atoms with Gasteiger partial charge in [-0.3, -0.25) is 14.6 Å². The Labute approximate surface area is 146 Å². The molecule has 1 aliphatic carbocycles. The Morgan fingerprint density at radius 3 is 2.64 bits per heavy atom. The van der Waals surface area contributed by atoms with Gasteiger partial charge in [0.05, 0.1) is 23.6 Å². The Kier molecular flexibility index (Phi) is 4.37. The molecule has 0 atom stereocenters. The highest BCUT2D eigenvalue weighted by atomic mass is 16.5. The number of pyridine rings is 1. The molecule has 1 aromatic heterocycles. The zero-order chi connectivity index (χ0) is 18.2. The van der Waals surface area contributed by atoms with E-state index in [0.717, 1.165) is 24.1 Å². The number of nitrogens with one attached hydrogen (secondary N) is 1. The summed E-state index contributed by atoms with van der Waals surface area (Å²) in [6, 6.07) is 7.28. The van der Waals surface area contributed by atoms with Crippen LogP contribution in [0.5, 0.6) is 5.75 Å². The van der Waals surface area contributed by atoms with Crippen LogP contribution in [-0.4, -0.2) is 35.6 Å². The number of carbonyl (C=O) groups excluding carboxylic acids is 1. The maximum Gasteiger partial charge on any atom is 0.310 e. The summed E-state index contributed by atoms with van der Waals surface area (Å²) in [7, 11) is 1.57. The lowest BCUT2D eigenvalue weighted by molar-refractivity contribution is -0.146. The lowest BCUT2D eigenvalue weighted by Gasteiger charge is -2.20. The van der Waals surface area contributed by atoms with E-state index in [-0.39, 0.29) is 12.5 Å². The number of carboxylic acid groups (broad SMARTS) is 1. The summed E-state index contributed by atoms with van der Waals surface area (Å²) >= 11 is 0. The summed E-state index contributed by atoms with van der Waals surface area (Å²) < 4.78 is 5.26. The van der Waals surface area contributed by atoms with Gasteiger partial charge in [-0.15, -0.1) is 0 Å². The molecular formula is C19H22N2O4. The Bertz CT molecular complexity index is 841. The first-order valence-electron chi connectivity index (χ1n) is 8.32. The van der Waals surface area contributed by atoms with Crippen molar-refractivity contribution in [2.24, 2.45) is 5.41 Å². The van der Waals surface area contributed by atoms with Crippen LogP contribution in [0.2, 0.25) is 0 Å². The summed E-state index contributed by atoms with van der Waals surface area (Å²) in [6.45, 7) is 3.21. The second-order valence-electron chi connectivity index (χ2n) is 7.12. The van der Waals surface area contributed by atoms with Crippen molar-refractivity contribution in [3.8, 4) is 5.75 Å². The number of amides is 1. The van der Waals surface area contributed by atoms with E-state index in [1.165, 1.54) is 0 Å². The van der Waals surface area contributed by atoms with Crippen LogP contribution < -0.4 is 10.1 Å². The van der Waals surface area contributed by atoms with Crippen molar-refractivity contribution in [1.29, 1.82) is 0 Å². The van der Waals surface area contributed by atoms with E-state index in [0.29, 0.717) is 22.6 Å². The molecule has 25 heavy (non-hydrogen) atoms. The first kappa shape index (κ1) is 17.2. The predicted octanol–water partition coefficient (Wildman–Crippen LogP) is 2.96. The van der Waals surface area contributed by atoms with Crippen LogP contribution in [0.15, 0.2) is 24.3 Å². The molecule has 1 fully saturated rings. The second-order valence-corrected chi connectivity index (χ2v) is 7.12. The fourth-order valence-corrected chi connectivity index (χ4v) is 2.60. The zero-order valence-electron chi connectivity index (χ0n) is 14.6. The van der Waals surface area contributed by atoms with Crippen molar-refractivity contribution in [3.63, 3.8) is 0 Å². The first-order chi connectivity index (χ1) is 11.8. The molecule has 2 N–H and O–H groups in total. The van der Waals surface area contributed by atoms with Crippen molar-refractivity contribution < 1.29 is 19.4 Å². The largest absolute Gasteiger partial charge is 0.497 e. The lowest BCUT2D eigenvalue weighted by Crippen LogP contribution is -2.39.